The summed E-state index contributed by atoms with van der Waals surface area (Å²) in [6.45, 7) is 1.98. The van der Waals surface area contributed by atoms with E-state index >= 15 is 0 Å². The number of hydrogen-bond donors (Lipinski definition) is 1. The summed E-state index contributed by atoms with van der Waals surface area (Å²) in [5, 5.41) is 1.68. The first kappa shape index (κ1) is 17.8. The van der Waals surface area contributed by atoms with Gasteiger partial charge in [-0.25, -0.2) is 8.42 Å². The Hall–Kier alpha value is -3.26. The molecule has 0 fully saturated rings. The van der Waals surface area contributed by atoms with Crippen LogP contribution in [0.3, 0.4) is 0 Å². The van der Waals surface area contributed by atoms with Crippen LogP contribution >= 0.6 is 0 Å². The Morgan fingerprint density at radius 1 is 1.10 bits per heavy atom. The van der Waals surface area contributed by atoms with Crippen molar-refractivity contribution in [1.29, 1.82) is 0 Å². The van der Waals surface area contributed by atoms with E-state index in [0.29, 0.717) is 22.0 Å². The molecule has 0 amide bonds. The lowest BCUT2D eigenvalue weighted by atomic mass is 10.1. The van der Waals surface area contributed by atoms with E-state index in [1.807, 2.05) is 18.2 Å². The van der Waals surface area contributed by atoms with Gasteiger partial charge < -0.3 is 0 Å². The van der Waals surface area contributed by atoms with Crippen LogP contribution in [0, 0.1) is 0 Å². The molecule has 0 atom stereocenters. The van der Waals surface area contributed by atoms with Crippen molar-refractivity contribution in [3.63, 3.8) is 0 Å². The molecule has 1 aliphatic rings. The van der Waals surface area contributed by atoms with Gasteiger partial charge in [0.2, 0.25) is 16.2 Å². The summed E-state index contributed by atoms with van der Waals surface area (Å²) in [4.78, 5) is 17.8. The minimum Gasteiger partial charge on any atom is -0.289 e. The van der Waals surface area contributed by atoms with Gasteiger partial charge in [-0.15, -0.1) is 4.68 Å². The molecule has 2 aromatic carbocycles. The van der Waals surface area contributed by atoms with Crippen molar-refractivity contribution in [3.8, 4) is 11.1 Å². The molecule has 0 aliphatic carbocycles. The molecular formula is C21H19N4O3S+. The van der Waals surface area contributed by atoms with E-state index in [0.717, 1.165) is 42.3 Å². The number of sulfonamides is 1. The summed E-state index contributed by atoms with van der Waals surface area (Å²) in [6.07, 6.45) is 8.16. The van der Waals surface area contributed by atoms with Crippen molar-refractivity contribution in [2.75, 3.05) is 11.0 Å². The van der Waals surface area contributed by atoms with Gasteiger partial charge in [0.15, 0.2) is 12.0 Å². The summed E-state index contributed by atoms with van der Waals surface area (Å²) < 4.78 is 29.9. The van der Waals surface area contributed by atoms with Gasteiger partial charge in [0.05, 0.1) is 30.1 Å². The van der Waals surface area contributed by atoms with E-state index < -0.39 is 10.0 Å². The van der Waals surface area contributed by atoms with E-state index in [1.165, 1.54) is 0 Å². The van der Waals surface area contributed by atoms with Gasteiger partial charge in [-0.2, -0.15) is 4.68 Å². The molecule has 29 heavy (non-hydrogen) atoms. The predicted molar refractivity (Wildman–Crippen MR) is 112 cm³/mol. The first-order valence-corrected chi connectivity index (χ1v) is 11.2. The number of nitrogens with one attached hydrogen (secondary N) is 1. The van der Waals surface area contributed by atoms with E-state index in [-0.39, 0.29) is 5.43 Å². The highest BCUT2D eigenvalue weighted by molar-refractivity contribution is 7.92. The van der Waals surface area contributed by atoms with Gasteiger partial charge in [-0.1, -0.05) is 12.1 Å². The largest absolute Gasteiger partial charge is 0.289 e. The SMILES string of the molecule is CS(=O)(=O)Nc1ccc2ccc3ncc(-c4cn5[n+](c4)CCC5)cc3c(=O)c2c1. The van der Waals surface area contributed by atoms with Gasteiger partial charge in [-0.3, -0.25) is 14.5 Å². The monoisotopic (exact) mass is 407 g/mol. The first-order chi connectivity index (χ1) is 13.9. The van der Waals surface area contributed by atoms with Crippen molar-refractivity contribution in [1.82, 2.24) is 9.67 Å². The average Bonchev–Trinajstić information content (AvgIpc) is 3.24. The molecule has 0 unspecified atom stereocenters. The maximum Gasteiger partial charge on any atom is 0.229 e. The maximum absolute atomic E-state index is 13.3. The van der Waals surface area contributed by atoms with Gasteiger partial charge >= 0.3 is 0 Å². The number of hydrogen-bond acceptors (Lipinski definition) is 4. The van der Waals surface area contributed by atoms with Crippen molar-refractivity contribution < 1.29 is 13.1 Å². The Kier molecular flexibility index (Phi) is 3.92. The van der Waals surface area contributed by atoms with Gasteiger partial charge in [-0.05, 0) is 29.7 Å². The number of anilines is 1. The molecule has 5 rings (SSSR count). The Labute approximate surface area is 167 Å². The number of aromatic nitrogens is 3. The highest BCUT2D eigenvalue weighted by Gasteiger charge is 2.20. The maximum atomic E-state index is 13.3. The first-order valence-electron chi connectivity index (χ1n) is 9.32. The molecule has 7 nitrogen and oxygen atoms in total. The second kappa shape index (κ2) is 6.38. The molecule has 3 heterocycles. The van der Waals surface area contributed by atoms with Crippen LogP contribution < -0.4 is 14.8 Å². The van der Waals surface area contributed by atoms with E-state index in [1.54, 1.807) is 24.4 Å². The third-order valence-electron chi connectivity index (χ3n) is 5.20. The van der Waals surface area contributed by atoms with Crippen LogP contribution in [0.2, 0.25) is 0 Å². The molecule has 146 valence electrons. The Bertz CT molecular complexity index is 1440. The van der Waals surface area contributed by atoms with Crippen LogP contribution in [-0.4, -0.2) is 24.3 Å². The average molecular weight is 407 g/mol. The lowest BCUT2D eigenvalue weighted by molar-refractivity contribution is -0.757. The highest BCUT2D eigenvalue weighted by atomic mass is 32.2. The fourth-order valence-corrected chi connectivity index (χ4v) is 4.43. The zero-order valence-corrected chi connectivity index (χ0v) is 16.6. The zero-order valence-electron chi connectivity index (χ0n) is 15.8. The second-order valence-corrected chi connectivity index (χ2v) is 9.14. The summed E-state index contributed by atoms with van der Waals surface area (Å²) in [5.74, 6) is 0. The van der Waals surface area contributed by atoms with Crippen LogP contribution in [0.5, 0.6) is 0 Å². The van der Waals surface area contributed by atoms with Gasteiger partial charge in [0, 0.05) is 34.6 Å². The quantitative estimate of drug-likeness (QED) is 0.528. The summed E-state index contributed by atoms with van der Waals surface area (Å²) in [5.41, 5.74) is 2.70. The lowest BCUT2D eigenvalue weighted by Crippen LogP contribution is -2.35. The topological polar surface area (TPSA) is 84.9 Å². The number of pyridine rings is 1. The summed E-state index contributed by atoms with van der Waals surface area (Å²) in [7, 11) is -3.43. The molecule has 0 spiro atoms. The van der Waals surface area contributed by atoms with Crippen molar-refractivity contribution in [2.24, 2.45) is 0 Å². The smallest absolute Gasteiger partial charge is 0.229 e. The molecule has 4 aromatic rings. The third kappa shape index (κ3) is 3.25. The Balaban J connectivity index is 1.71. The molecule has 2 aromatic heterocycles. The minimum absolute atomic E-state index is 0.175. The number of fused-ring (bicyclic) bond motifs is 3. The Morgan fingerprint density at radius 2 is 1.93 bits per heavy atom. The van der Waals surface area contributed by atoms with Crippen molar-refractivity contribution in [3.05, 3.63) is 65.2 Å². The zero-order chi connectivity index (χ0) is 20.2. The highest BCUT2D eigenvalue weighted by Crippen LogP contribution is 2.23. The van der Waals surface area contributed by atoms with E-state index in [4.69, 9.17) is 0 Å². The normalized spacial score (nSPS) is 13.7. The molecule has 0 radical (unpaired) electrons. The van der Waals surface area contributed by atoms with Crippen molar-refractivity contribution >= 4 is 37.4 Å². The molecule has 0 bridgehead atoms. The summed E-state index contributed by atoms with van der Waals surface area (Å²) >= 11 is 0. The third-order valence-corrected chi connectivity index (χ3v) is 5.81. The fourth-order valence-electron chi connectivity index (χ4n) is 3.87. The molecule has 8 heteroatoms. The van der Waals surface area contributed by atoms with Gasteiger partial charge in [0.1, 0.15) is 0 Å². The minimum atomic E-state index is -3.43. The molecule has 0 saturated carbocycles. The second-order valence-electron chi connectivity index (χ2n) is 7.39. The van der Waals surface area contributed by atoms with Crippen LogP contribution in [0.4, 0.5) is 5.69 Å². The Morgan fingerprint density at radius 3 is 2.72 bits per heavy atom. The van der Waals surface area contributed by atoms with Gasteiger partial charge in [0.25, 0.3) is 0 Å². The van der Waals surface area contributed by atoms with E-state index in [9.17, 15) is 13.2 Å². The molecule has 1 aliphatic heterocycles. The van der Waals surface area contributed by atoms with Crippen LogP contribution in [-0.2, 0) is 23.1 Å². The number of aryl methyl sites for hydroxylation is 2. The molecular weight excluding hydrogens is 388 g/mol. The summed E-state index contributed by atoms with van der Waals surface area (Å²) in [6, 6.07) is 10.5. The van der Waals surface area contributed by atoms with Crippen LogP contribution in [0.15, 0.2) is 59.8 Å². The fraction of sp³-hybridized carbons (Fsp3) is 0.190. The van der Waals surface area contributed by atoms with Crippen LogP contribution in [0.1, 0.15) is 6.42 Å². The predicted octanol–water partition coefficient (Wildman–Crippen LogP) is 2.28. The van der Waals surface area contributed by atoms with Crippen LogP contribution in [0.25, 0.3) is 32.8 Å². The standard InChI is InChI=1S/C21H18N4O3S/c1-29(27,28)23-17-5-3-14-4-6-20-19(21(26)18(14)10-17)9-15(11-22-20)16-12-24-7-2-8-25(24)13-16/h3-6,9-13H,2,7-8H2,1H3/p+1. The number of rotatable bonds is 3. The molecule has 1 N–H and O–H groups in total. The lowest BCUT2D eigenvalue weighted by Gasteiger charge is -2.03. The molecule has 0 saturated heterocycles. The number of benzene rings is 1. The number of nitrogens with zero attached hydrogens (tertiary/aromatic N) is 3. The van der Waals surface area contributed by atoms with Crippen molar-refractivity contribution in [2.45, 2.75) is 19.5 Å². The van der Waals surface area contributed by atoms with E-state index in [2.05, 4.69) is 31.5 Å².